The summed E-state index contributed by atoms with van der Waals surface area (Å²) in [6, 6.07) is 27.3. The molecule has 0 aliphatic heterocycles. The van der Waals surface area contributed by atoms with Crippen molar-refractivity contribution in [2.45, 2.75) is 38.7 Å². The Bertz CT molecular complexity index is 1090. The normalized spacial score (nSPS) is 10.3. The number of carbonyl (C=O) groups is 2. The third kappa shape index (κ3) is 10.4. The van der Waals surface area contributed by atoms with Crippen LogP contribution in [-0.4, -0.2) is 23.6 Å². The van der Waals surface area contributed by atoms with Crippen LogP contribution in [-0.2, 0) is 27.4 Å². The molecule has 0 aliphatic rings. The van der Waals surface area contributed by atoms with Crippen LogP contribution in [0.5, 0.6) is 5.75 Å². The molecule has 35 heavy (non-hydrogen) atoms. The van der Waals surface area contributed by atoms with Crippen molar-refractivity contribution in [1.82, 2.24) is 5.32 Å². The summed E-state index contributed by atoms with van der Waals surface area (Å²) in [4.78, 5) is 24.0. The average Bonchev–Trinajstić information content (AvgIpc) is 2.87. The molecule has 3 aromatic carbocycles. The molecular weight excluding hydrogens is 460 g/mol. The predicted molar refractivity (Wildman–Crippen MR) is 141 cm³/mol. The van der Waals surface area contributed by atoms with Crippen LogP contribution in [0.1, 0.15) is 36.8 Å². The lowest BCUT2D eigenvalue weighted by Crippen LogP contribution is -2.34. The van der Waals surface area contributed by atoms with Gasteiger partial charge >= 0.3 is 5.97 Å². The molecule has 0 spiro atoms. The predicted octanol–water partition coefficient (Wildman–Crippen LogP) is 5.42. The standard InChI is InChI=1S/C28H30N2O4S/c31-26(17-8-18-27(32)33-19-9-14-22-10-3-1-4-11-22)30-28(35)29-24-15-7-16-25(20-24)34-21-23-12-5-2-6-13-23/h1-7,10-13,15-16,20H,8-9,14,17-19,21H2,(H2,29,30,31,35). The van der Waals surface area contributed by atoms with Gasteiger partial charge in [0.05, 0.1) is 6.61 Å². The summed E-state index contributed by atoms with van der Waals surface area (Å²) in [5.41, 5.74) is 3.00. The van der Waals surface area contributed by atoms with E-state index in [2.05, 4.69) is 22.8 Å². The van der Waals surface area contributed by atoms with E-state index in [4.69, 9.17) is 21.7 Å². The molecule has 0 unspecified atom stereocenters. The zero-order valence-electron chi connectivity index (χ0n) is 19.6. The number of thiocarbonyl (C=S) groups is 1. The Hall–Kier alpha value is -3.71. The van der Waals surface area contributed by atoms with Gasteiger partial charge in [-0.1, -0.05) is 66.7 Å². The van der Waals surface area contributed by atoms with Crippen LogP contribution in [0.2, 0.25) is 0 Å². The van der Waals surface area contributed by atoms with Crippen LogP contribution >= 0.6 is 12.2 Å². The molecule has 0 aromatic heterocycles. The lowest BCUT2D eigenvalue weighted by molar-refractivity contribution is -0.143. The number of carbonyl (C=O) groups excluding carboxylic acids is 2. The quantitative estimate of drug-likeness (QED) is 0.200. The molecule has 0 fully saturated rings. The highest BCUT2D eigenvalue weighted by Gasteiger charge is 2.09. The van der Waals surface area contributed by atoms with Crippen LogP contribution in [0.4, 0.5) is 5.69 Å². The molecule has 6 nitrogen and oxygen atoms in total. The molecule has 3 rings (SSSR count). The number of hydrogen-bond acceptors (Lipinski definition) is 5. The SMILES string of the molecule is O=C(CCCC(=O)OCCCc1ccccc1)NC(=S)Nc1cccc(OCc2ccccc2)c1. The van der Waals surface area contributed by atoms with E-state index in [0.29, 0.717) is 31.1 Å². The second-order valence-corrected chi connectivity index (χ2v) is 8.38. The van der Waals surface area contributed by atoms with Gasteiger partial charge in [-0.05, 0) is 54.7 Å². The molecule has 7 heteroatoms. The molecular formula is C28H30N2O4S. The second-order valence-electron chi connectivity index (χ2n) is 7.97. The van der Waals surface area contributed by atoms with Gasteiger partial charge in [-0.2, -0.15) is 0 Å². The fourth-order valence-electron chi connectivity index (χ4n) is 3.33. The molecule has 182 valence electrons. The first kappa shape index (κ1) is 25.9. The van der Waals surface area contributed by atoms with Gasteiger partial charge in [-0.3, -0.25) is 9.59 Å². The molecule has 0 bridgehead atoms. The summed E-state index contributed by atoms with van der Waals surface area (Å²) in [5, 5.41) is 5.82. The lowest BCUT2D eigenvalue weighted by atomic mass is 10.1. The van der Waals surface area contributed by atoms with E-state index in [9.17, 15) is 9.59 Å². The first-order valence-electron chi connectivity index (χ1n) is 11.7. The number of rotatable bonds is 12. The van der Waals surface area contributed by atoms with E-state index in [1.807, 2.05) is 72.8 Å². The van der Waals surface area contributed by atoms with Gasteiger partial charge < -0.3 is 20.1 Å². The molecule has 2 N–H and O–H groups in total. The van der Waals surface area contributed by atoms with Crippen molar-refractivity contribution in [3.8, 4) is 5.75 Å². The van der Waals surface area contributed by atoms with Crippen LogP contribution in [0.3, 0.4) is 0 Å². The fourth-order valence-corrected chi connectivity index (χ4v) is 3.56. The smallest absolute Gasteiger partial charge is 0.305 e. The topological polar surface area (TPSA) is 76.7 Å². The highest BCUT2D eigenvalue weighted by atomic mass is 32.1. The molecule has 0 saturated carbocycles. The minimum Gasteiger partial charge on any atom is -0.489 e. The third-order valence-electron chi connectivity index (χ3n) is 5.09. The largest absolute Gasteiger partial charge is 0.489 e. The van der Waals surface area contributed by atoms with Gasteiger partial charge in [0.2, 0.25) is 5.91 Å². The van der Waals surface area contributed by atoms with E-state index >= 15 is 0 Å². The minimum absolute atomic E-state index is 0.182. The Morgan fingerprint density at radius 2 is 1.51 bits per heavy atom. The minimum atomic E-state index is -0.293. The van der Waals surface area contributed by atoms with E-state index < -0.39 is 0 Å². The van der Waals surface area contributed by atoms with Gasteiger partial charge in [0.15, 0.2) is 5.11 Å². The van der Waals surface area contributed by atoms with Crippen LogP contribution in [0.15, 0.2) is 84.9 Å². The maximum atomic E-state index is 12.2. The van der Waals surface area contributed by atoms with Gasteiger partial charge in [0.25, 0.3) is 0 Å². The summed E-state index contributed by atoms with van der Waals surface area (Å²) < 4.78 is 11.1. The van der Waals surface area contributed by atoms with Crippen LogP contribution in [0, 0.1) is 0 Å². The van der Waals surface area contributed by atoms with Crippen molar-refractivity contribution in [2.75, 3.05) is 11.9 Å². The Kier molecular flexibility index (Phi) is 10.8. The van der Waals surface area contributed by atoms with E-state index in [1.54, 1.807) is 0 Å². The number of hydrogen-bond donors (Lipinski definition) is 2. The van der Waals surface area contributed by atoms with E-state index in [1.165, 1.54) is 5.56 Å². The van der Waals surface area contributed by atoms with Gasteiger partial charge in [-0.25, -0.2) is 0 Å². The van der Waals surface area contributed by atoms with Gasteiger partial charge in [0.1, 0.15) is 12.4 Å². The Morgan fingerprint density at radius 3 is 2.26 bits per heavy atom. The van der Waals surface area contributed by atoms with E-state index in [-0.39, 0.29) is 29.8 Å². The van der Waals surface area contributed by atoms with E-state index in [0.717, 1.165) is 18.4 Å². The first-order chi connectivity index (χ1) is 17.1. The maximum absolute atomic E-state index is 12.2. The summed E-state index contributed by atoms with van der Waals surface area (Å²) in [6.45, 7) is 0.836. The number of nitrogens with one attached hydrogen (secondary N) is 2. The summed E-state index contributed by atoms with van der Waals surface area (Å²) in [7, 11) is 0. The van der Waals surface area contributed by atoms with Crippen molar-refractivity contribution in [1.29, 1.82) is 0 Å². The maximum Gasteiger partial charge on any atom is 0.305 e. The Balaban J connectivity index is 1.28. The fraction of sp³-hybridized carbons (Fsp3) is 0.250. The van der Waals surface area contributed by atoms with Crippen LogP contribution < -0.4 is 15.4 Å². The van der Waals surface area contributed by atoms with Crippen molar-refractivity contribution < 1.29 is 19.1 Å². The number of aryl methyl sites for hydroxylation is 1. The zero-order valence-corrected chi connectivity index (χ0v) is 20.4. The molecule has 0 aliphatic carbocycles. The van der Waals surface area contributed by atoms with Crippen molar-refractivity contribution in [3.63, 3.8) is 0 Å². The highest BCUT2D eigenvalue weighted by molar-refractivity contribution is 7.80. The van der Waals surface area contributed by atoms with Crippen molar-refractivity contribution in [3.05, 3.63) is 96.1 Å². The number of benzene rings is 3. The summed E-state index contributed by atoms with van der Waals surface area (Å²) >= 11 is 5.23. The third-order valence-corrected chi connectivity index (χ3v) is 5.30. The summed E-state index contributed by atoms with van der Waals surface area (Å²) in [5.74, 6) is 0.144. The summed E-state index contributed by atoms with van der Waals surface area (Å²) in [6.07, 6.45) is 2.41. The number of anilines is 1. The lowest BCUT2D eigenvalue weighted by Gasteiger charge is -2.11. The molecule has 0 saturated heterocycles. The number of amides is 1. The Labute approximate surface area is 211 Å². The highest BCUT2D eigenvalue weighted by Crippen LogP contribution is 2.18. The van der Waals surface area contributed by atoms with Crippen LogP contribution in [0.25, 0.3) is 0 Å². The molecule has 1 amide bonds. The molecule has 0 heterocycles. The van der Waals surface area contributed by atoms with Crippen molar-refractivity contribution in [2.24, 2.45) is 0 Å². The molecule has 0 radical (unpaired) electrons. The monoisotopic (exact) mass is 490 g/mol. The number of esters is 1. The molecule has 0 atom stereocenters. The Morgan fingerprint density at radius 1 is 0.800 bits per heavy atom. The van der Waals surface area contributed by atoms with Gasteiger partial charge in [-0.15, -0.1) is 0 Å². The average molecular weight is 491 g/mol. The second kappa shape index (κ2) is 14.5. The first-order valence-corrected chi connectivity index (χ1v) is 12.1. The zero-order chi connectivity index (χ0) is 24.7. The van der Waals surface area contributed by atoms with Gasteiger partial charge in [0, 0.05) is 24.6 Å². The van der Waals surface area contributed by atoms with Crippen molar-refractivity contribution >= 4 is 34.9 Å². The molecule has 3 aromatic rings. The number of ether oxygens (including phenoxy) is 2.